The zero-order valence-electron chi connectivity index (χ0n) is 16.2. The normalized spacial score (nSPS) is 17.5. The lowest BCUT2D eigenvalue weighted by molar-refractivity contribution is -0.141. The van der Waals surface area contributed by atoms with Crippen LogP contribution in [0.1, 0.15) is 18.4 Å². The second-order valence-corrected chi connectivity index (χ2v) is 6.06. The number of rotatable bonds is 8. The monoisotopic (exact) mass is 384 g/mol. The Balaban J connectivity index is 2.14. The number of carbonyl (C=O) groups is 2. The first-order chi connectivity index (χ1) is 13.5. The smallest absolute Gasteiger partial charge is 0.305 e. The molecule has 1 N–H and O–H groups in total. The molecule has 1 aliphatic carbocycles. The van der Waals surface area contributed by atoms with Crippen LogP contribution in [0.4, 0.5) is 0 Å². The van der Waals surface area contributed by atoms with Crippen LogP contribution in [0, 0.1) is 0 Å². The van der Waals surface area contributed by atoms with Gasteiger partial charge in [0.25, 0.3) is 0 Å². The van der Waals surface area contributed by atoms with E-state index in [0.29, 0.717) is 17.1 Å². The minimum atomic E-state index is -0.793. The molecule has 1 aromatic rings. The second-order valence-electron chi connectivity index (χ2n) is 6.06. The van der Waals surface area contributed by atoms with Crippen molar-refractivity contribution in [3.05, 3.63) is 65.3 Å². The lowest BCUT2D eigenvalue weighted by atomic mass is 10.0. The summed E-state index contributed by atoms with van der Waals surface area (Å²) in [4.78, 5) is 23.2. The molecule has 0 fully saturated rings. The molecule has 0 spiro atoms. The maximum Gasteiger partial charge on any atom is 0.305 e. The van der Waals surface area contributed by atoms with Gasteiger partial charge in [-0.15, -0.1) is 0 Å². The molecule has 1 unspecified atom stereocenters. The molecule has 1 aliphatic rings. The van der Waals surface area contributed by atoms with Crippen LogP contribution in [-0.2, 0) is 14.3 Å². The van der Waals surface area contributed by atoms with E-state index in [1.807, 2.05) is 18.2 Å². The van der Waals surface area contributed by atoms with Crippen LogP contribution in [0.2, 0.25) is 0 Å². The van der Waals surface area contributed by atoms with Gasteiger partial charge in [-0.1, -0.05) is 30.4 Å². The number of benzene rings is 1. The predicted octanol–water partition coefficient (Wildman–Crippen LogP) is 3.02. The average Bonchev–Trinajstić information content (AvgIpc) is 3.05. The predicted molar refractivity (Wildman–Crippen MR) is 106 cm³/mol. The van der Waals surface area contributed by atoms with Crippen molar-refractivity contribution in [3.8, 4) is 11.5 Å². The van der Waals surface area contributed by atoms with E-state index in [-0.39, 0.29) is 24.6 Å². The van der Waals surface area contributed by atoms with Crippen LogP contribution >= 0.6 is 0 Å². The molecular weight excluding hydrogens is 360 g/mol. The molecule has 2 rings (SSSR count). The SMILES string of the molecule is COC(=O)CCC(O)C=CC=C1C(=O)C=CC1=Cc1ccc(OC)c(OC)c1. The van der Waals surface area contributed by atoms with Gasteiger partial charge in [0.15, 0.2) is 17.3 Å². The molecule has 6 nitrogen and oxygen atoms in total. The number of carbonyl (C=O) groups excluding carboxylic acids is 2. The quantitative estimate of drug-likeness (QED) is 0.548. The summed E-state index contributed by atoms with van der Waals surface area (Å²) in [6.07, 6.45) is 9.51. The lowest BCUT2D eigenvalue weighted by Gasteiger charge is -2.08. The molecule has 28 heavy (non-hydrogen) atoms. The molecule has 0 amide bonds. The third-order valence-corrected chi connectivity index (χ3v) is 4.19. The Bertz CT molecular complexity index is 845. The number of esters is 1. The molecule has 1 atom stereocenters. The molecule has 148 valence electrons. The van der Waals surface area contributed by atoms with Gasteiger partial charge in [-0.25, -0.2) is 0 Å². The molecule has 0 radical (unpaired) electrons. The van der Waals surface area contributed by atoms with Gasteiger partial charge in [-0.3, -0.25) is 9.59 Å². The molecule has 0 bridgehead atoms. The van der Waals surface area contributed by atoms with Crippen molar-refractivity contribution >= 4 is 17.8 Å². The Hall–Kier alpha value is -3.12. The van der Waals surface area contributed by atoms with E-state index in [1.54, 1.807) is 38.5 Å². The Morgan fingerprint density at radius 3 is 2.57 bits per heavy atom. The number of ether oxygens (including phenoxy) is 3. The molecular formula is C22H24O6. The van der Waals surface area contributed by atoms with Gasteiger partial charge in [0.05, 0.1) is 27.4 Å². The van der Waals surface area contributed by atoms with E-state index in [4.69, 9.17) is 9.47 Å². The summed E-state index contributed by atoms with van der Waals surface area (Å²) in [5, 5.41) is 9.88. The van der Waals surface area contributed by atoms with Crippen molar-refractivity contribution < 1.29 is 28.9 Å². The number of aliphatic hydroxyl groups is 1. The topological polar surface area (TPSA) is 82.1 Å². The van der Waals surface area contributed by atoms with E-state index in [1.165, 1.54) is 19.3 Å². The van der Waals surface area contributed by atoms with Crippen molar-refractivity contribution in [1.82, 2.24) is 0 Å². The van der Waals surface area contributed by atoms with Crippen molar-refractivity contribution in [2.75, 3.05) is 21.3 Å². The number of hydrogen-bond acceptors (Lipinski definition) is 6. The minimum absolute atomic E-state index is 0.111. The van der Waals surface area contributed by atoms with E-state index < -0.39 is 6.10 Å². The van der Waals surface area contributed by atoms with Crippen LogP contribution in [0.5, 0.6) is 11.5 Å². The highest BCUT2D eigenvalue weighted by atomic mass is 16.5. The zero-order chi connectivity index (χ0) is 20.5. The van der Waals surface area contributed by atoms with E-state index >= 15 is 0 Å². The zero-order valence-corrected chi connectivity index (χ0v) is 16.2. The Morgan fingerprint density at radius 1 is 1.14 bits per heavy atom. The van der Waals surface area contributed by atoms with Gasteiger partial charge in [-0.05, 0) is 41.8 Å². The lowest BCUT2D eigenvalue weighted by Crippen LogP contribution is -2.07. The van der Waals surface area contributed by atoms with E-state index in [9.17, 15) is 14.7 Å². The first-order valence-electron chi connectivity index (χ1n) is 8.78. The van der Waals surface area contributed by atoms with Crippen LogP contribution in [0.15, 0.2) is 59.7 Å². The van der Waals surface area contributed by atoms with Crippen LogP contribution in [0.25, 0.3) is 6.08 Å². The molecule has 0 saturated heterocycles. The Morgan fingerprint density at radius 2 is 1.89 bits per heavy atom. The van der Waals surface area contributed by atoms with E-state index in [0.717, 1.165) is 11.1 Å². The maximum atomic E-state index is 12.1. The number of allylic oxidation sites excluding steroid dienone is 6. The van der Waals surface area contributed by atoms with Crippen LogP contribution in [0.3, 0.4) is 0 Å². The van der Waals surface area contributed by atoms with Gasteiger partial charge < -0.3 is 19.3 Å². The van der Waals surface area contributed by atoms with Crippen LogP contribution in [-0.4, -0.2) is 44.3 Å². The molecule has 0 aliphatic heterocycles. The summed E-state index contributed by atoms with van der Waals surface area (Å²) in [5.74, 6) is 0.744. The Kier molecular flexibility index (Phi) is 7.77. The van der Waals surface area contributed by atoms with E-state index in [2.05, 4.69) is 4.74 Å². The van der Waals surface area contributed by atoms with Gasteiger partial charge in [0.2, 0.25) is 0 Å². The fraction of sp³-hybridized carbons (Fsp3) is 0.273. The van der Waals surface area contributed by atoms with Crippen molar-refractivity contribution in [3.63, 3.8) is 0 Å². The minimum Gasteiger partial charge on any atom is -0.493 e. The molecule has 6 heteroatoms. The fourth-order valence-electron chi connectivity index (χ4n) is 2.66. The molecule has 0 aromatic heterocycles. The largest absolute Gasteiger partial charge is 0.493 e. The van der Waals surface area contributed by atoms with Gasteiger partial charge in [0, 0.05) is 12.0 Å². The summed E-state index contributed by atoms with van der Waals surface area (Å²) in [5.41, 5.74) is 2.14. The number of hydrogen-bond donors (Lipinski definition) is 1. The third kappa shape index (κ3) is 5.69. The highest BCUT2D eigenvalue weighted by Gasteiger charge is 2.16. The second kappa shape index (κ2) is 10.3. The number of aliphatic hydroxyl groups excluding tert-OH is 1. The molecule has 0 saturated carbocycles. The summed E-state index contributed by atoms with van der Waals surface area (Å²) >= 11 is 0. The highest BCUT2D eigenvalue weighted by Crippen LogP contribution is 2.30. The summed E-state index contributed by atoms with van der Waals surface area (Å²) in [6, 6.07) is 5.49. The van der Waals surface area contributed by atoms with Gasteiger partial charge in [0.1, 0.15) is 0 Å². The molecule has 0 heterocycles. The van der Waals surface area contributed by atoms with Crippen molar-refractivity contribution in [2.45, 2.75) is 18.9 Å². The molecule has 1 aromatic carbocycles. The highest BCUT2D eigenvalue weighted by molar-refractivity contribution is 6.13. The van der Waals surface area contributed by atoms with Crippen molar-refractivity contribution in [1.29, 1.82) is 0 Å². The summed E-state index contributed by atoms with van der Waals surface area (Å²) < 4.78 is 15.1. The average molecular weight is 384 g/mol. The third-order valence-electron chi connectivity index (χ3n) is 4.19. The Labute approximate surface area is 164 Å². The summed E-state index contributed by atoms with van der Waals surface area (Å²) in [7, 11) is 4.44. The summed E-state index contributed by atoms with van der Waals surface area (Å²) in [6.45, 7) is 0. The number of methoxy groups -OCH3 is 3. The fourth-order valence-corrected chi connectivity index (χ4v) is 2.66. The van der Waals surface area contributed by atoms with Crippen LogP contribution < -0.4 is 9.47 Å². The van der Waals surface area contributed by atoms with Gasteiger partial charge >= 0.3 is 5.97 Å². The standard InChI is InChI=1S/C22H24O6/c1-26-20-11-7-15(14-21(20)27-2)13-16-8-10-19(24)18(16)6-4-5-17(23)9-12-22(25)28-3/h4-8,10-11,13-14,17,23H,9,12H2,1-3H3. The first-order valence-corrected chi connectivity index (χ1v) is 8.78. The first kappa shape index (κ1) is 21.2. The van der Waals surface area contributed by atoms with Crippen molar-refractivity contribution in [2.24, 2.45) is 0 Å². The van der Waals surface area contributed by atoms with Gasteiger partial charge in [-0.2, -0.15) is 0 Å². The number of ketones is 1. The maximum absolute atomic E-state index is 12.1.